The van der Waals surface area contributed by atoms with Crippen LogP contribution >= 0.6 is 11.3 Å². The van der Waals surface area contributed by atoms with E-state index in [1.807, 2.05) is 11.3 Å². The Kier molecular flexibility index (Phi) is 9.98. The molecule has 1 nitrogen and oxygen atoms in total. The maximum absolute atomic E-state index is 2.49. The third-order valence-electron chi connectivity index (χ3n) is 15.4. The third kappa shape index (κ3) is 6.57. The zero-order valence-electron chi connectivity index (χ0n) is 38.3. The van der Waals surface area contributed by atoms with Gasteiger partial charge in [0.1, 0.15) is 0 Å². The highest BCUT2D eigenvalue weighted by Crippen LogP contribution is 2.55. The van der Waals surface area contributed by atoms with Crippen LogP contribution in [0, 0.1) is 0 Å². The number of fused-ring (bicyclic) bond motifs is 7. The molecule has 1 heterocycles. The number of hydrogen-bond acceptors (Lipinski definition) is 2. The van der Waals surface area contributed by atoms with Crippen LogP contribution in [0.3, 0.4) is 0 Å². The molecule has 0 radical (unpaired) electrons. The lowest BCUT2D eigenvalue weighted by Gasteiger charge is -2.29. The standard InChI is InChI=1S/C66H51NS/c1-66(48-22-6-3-7-23-48)59-32-11-8-26-58(59)64-52(28-17-33-60(64)66)45-36-40-49(41-37-45)67(50-42-38-46(39-43-50)53-29-16-31-57-55-25-10-13-35-62(55)68-65(53)57)61-34-12-9-24-54(61)56-30-15-21-47-20-14-27-51(63(47)56)44-18-4-2-5-19-44/h3,6-17,20-44H,2,4-5,18-19H2,1H3. The minimum atomic E-state index is -0.253. The molecule has 0 saturated heterocycles. The molecule has 1 unspecified atom stereocenters. The van der Waals surface area contributed by atoms with E-state index < -0.39 is 0 Å². The number of anilines is 3. The molecule has 11 aromatic rings. The minimum absolute atomic E-state index is 0.253. The van der Waals surface area contributed by atoms with E-state index in [9.17, 15) is 0 Å². The Morgan fingerprint density at radius 1 is 0.441 bits per heavy atom. The molecule has 0 bridgehead atoms. The van der Waals surface area contributed by atoms with Crippen LogP contribution in [0.1, 0.15) is 67.2 Å². The van der Waals surface area contributed by atoms with Gasteiger partial charge in [-0.25, -0.2) is 0 Å². The van der Waals surface area contributed by atoms with Crippen LogP contribution in [-0.2, 0) is 5.41 Å². The zero-order valence-corrected chi connectivity index (χ0v) is 39.1. The van der Waals surface area contributed by atoms with E-state index in [1.165, 1.54) is 135 Å². The summed E-state index contributed by atoms with van der Waals surface area (Å²) in [5.74, 6) is 0.583. The predicted octanol–water partition coefficient (Wildman–Crippen LogP) is 19.1. The molecule has 10 aromatic carbocycles. The largest absolute Gasteiger partial charge is 0.310 e. The maximum atomic E-state index is 2.49. The second-order valence-electron chi connectivity index (χ2n) is 19.1. The van der Waals surface area contributed by atoms with Gasteiger partial charge in [0.25, 0.3) is 0 Å². The van der Waals surface area contributed by atoms with E-state index in [4.69, 9.17) is 0 Å². The zero-order chi connectivity index (χ0) is 45.2. The molecule has 2 heteroatoms. The van der Waals surface area contributed by atoms with Crippen LogP contribution in [-0.4, -0.2) is 0 Å². The first kappa shape index (κ1) is 40.7. The fraction of sp³-hybridized carbons (Fsp3) is 0.121. The predicted molar refractivity (Wildman–Crippen MR) is 291 cm³/mol. The third-order valence-corrected chi connectivity index (χ3v) is 16.6. The number of benzene rings is 10. The number of thiophene rings is 1. The molecule has 0 aliphatic heterocycles. The highest BCUT2D eigenvalue weighted by molar-refractivity contribution is 7.26. The molecule has 2 aliphatic rings. The summed E-state index contributed by atoms with van der Waals surface area (Å²) in [5, 5.41) is 5.36. The fourth-order valence-corrected chi connectivity index (χ4v) is 13.3. The smallest absolute Gasteiger partial charge is 0.0540 e. The van der Waals surface area contributed by atoms with E-state index in [0.29, 0.717) is 5.92 Å². The number of hydrogen-bond donors (Lipinski definition) is 0. The van der Waals surface area contributed by atoms with Crippen molar-refractivity contribution in [2.75, 3.05) is 4.90 Å². The summed E-state index contributed by atoms with van der Waals surface area (Å²) < 4.78 is 2.66. The molecule has 0 spiro atoms. The van der Waals surface area contributed by atoms with E-state index >= 15 is 0 Å². The van der Waals surface area contributed by atoms with Gasteiger partial charge in [-0.05, 0) is 134 Å². The normalized spacial score (nSPS) is 15.7. The summed E-state index contributed by atoms with van der Waals surface area (Å²) in [4.78, 5) is 2.49. The Bertz CT molecular complexity index is 3660. The average Bonchev–Trinajstić information content (AvgIpc) is 3.93. The van der Waals surface area contributed by atoms with Crippen LogP contribution in [0.4, 0.5) is 17.1 Å². The maximum Gasteiger partial charge on any atom is 0.0540 e. The Labute approximate surface area is 403 Å². The Hall–Kier alpha value is -7.52. The van der Waals surface area contributed by atoms with Crippen molar-refractivity contribution in [3.05, 3.63) is 247 Å². The van der Waals surface area contributed by atoms with Crippen molar-refractivity contribution in [3.8, 4) is 44.5 Å². The molecule has 0 N–H and O–H groups in total. The van der Waals surface area contributed by atoms with E-state index in [1.54, 1.807) is 0 Å². The van der Waals surface area contributed by atoms with Gasteiger partial charge < -0.3 is 4.90 Å². The molecule has 1 fully saturated rings. The monoisotopic (exact) mass is 889 g/mol. The van der Waals surface area contributed by atoms with Gasteiger partial charge in [-0.2, -0.15) is 0 Å². The van der Waals surface area contributed by atoms with Gasteiger partial charge >= 0.3 is 0 Å². The molecule has 68 heavy (non-hydrogen) atoms. The molecular weight excluding hydrogens is 839 g/mol. The first-order valence-electron chi connectivity index (χ1n) is 24.4. The van der Waals surface area contributed by atoms with Crippen molar-refractivity contribution in [2.24, 2.45) is 0 Å². The number of para-hydroxylation sites is 1. The molecule has 1 aromatic heterocycles. The second kappa shape index (κ2) is 16.7. The SMILES string of the molecule is CC1(c2ccccc2)c2ccccc2-c2c(-c3ccc(N(c4ccc(-c5cccc6c5sc5ccccc56)cc4)c4ccccc4-c4cccc5cccc(C6CCCCC6)c45)cc3)cccc21. The summed E-state index contributed by atoms with van der Waals surface area (Å²) in [6.07, 6.45) is 6.48. The van der Waals surface area contributed by atoms with Crippen molar-refractivity contribution in [1.29, 1.82) is 0 Å². The first-order valence-corrected chi connectivity index (χ1v) is 25.3. The fourth-order valence-electron chi connectivity index (χ4n) is 12.1. The summed E-state index contributed by atoms with van der Waals surface area (Å²) in [6.45, 7) is 2.40. The van der Waals surface area contributed by atoms with E-state index in [0.717, 1.165) is 11.4 Å². The second-order valence-corrected chi connectivity index (χ2v) is 20.1. The summed E-state index contributed by atoms with van der Waals surface area (Å²) >= 11 is 1.89. The summed E-state index contributed by atoms with van der Waals surface area (Å²) in [5.41, 5.74) is 18.9. The van der Waals surface area contributed by atoms with Crippen molar-refractivity contribution in [2.45, 2.75) is 50.4 Å². The van der Waals surface area contributed by atoms with Crippen LogP contribution in [0.5, 0.6) is 0 Å². The van der Waals surface area contributed by atoms with E-state index in [2.05, 4.69) is 236 Å². The van der Waals surface area contributed by atoms with Gasteiger partial charge in [0.2, 0.25) is 0 Å². The number of nitrogens with zero attached hydrogens (tertiary/aromatic N) is 1. The summed E-state index contributed by atoms with van der Waals surface area (Å²) in [6, 6.07) is 84.2. The minimum Gasteiger partial charge on any atom is -0.310 e. The first-order chi connectivity index (χ1) is 33.6. The molecule has 13 rings (SSSR count). The van der Waals surface area contributed by atoms with Crippen LogP contribution in [0.2, 0.25) is 0 Å². The lowest BCUT2D eigenvalue weighted by molar-refractivity contribution is 0.445. The van der Waals surface area contributed by atoms with Crippen molar-refractivity contribution < 1.29 is 0 Å². The topological polar surface area (TPSA) is 3.24 Å². The molecule has 326 valence electrons. The Morgan fingerprint density at radius 2 is 1.01 bits per heavy atom. The molecular formula is C66H51NS. The van der Waals surface area contributed by atoms with Crippen LogP contribution < -0.4 is 4.90 Å². The molecule has 2 aliphatic carbocycles. The average molecular weight is 890 g/mol. The lowest BCUT2D eigenvalue weighted by Crippen LogP contribution is -2.22. The quantitative estimate of drug-likeness (QED) is 0.147. The van der Waals surface area contributed by atoms with Gasteiger partial charge in [-0.3, -0.25) is 0 Å². The van der Waals surface area contributed by atoms with Gasteiger partial charge in [-0.1, -0.05) is 207 Å². The van der Waals surface area contributed by atoms with Crippen molar-refractivity contribution >= 4 is 59.3 Å². The van der Waals surface area contributed by atoms with E-state index in [-0.39, 0.29) is 5.41 Å². The molecule has 1 atom stereocenters. The Balaban J connectivity index is 0.966. The summed E-state index contributed by atoms with van der Waals surface area (Å²) in [7, 11) is 0. The number of rotatable bonds is 8. The highest BCUT2D eigenvalue weighted by atomic mass is 32.1. The Morgan fingerprint density at radius 3 is 1.81 bits per heavy atom. The van der Waals surface area contributed by atoms with Crippen molar-refractivity contribution in [1.82, 2.24) is 0 Å². The van der Waals surface area contributed by atoms with Gasteiger partial charge in [0.15, 0.2) is 0 Å². The highest BCUT2D eigenvalue weighted by Gasteiger charge is 2.41. The van der Waals surface area contributed by atoms with Gasteiger partial charge in [-0.15, -0.1) is 11.3 Å². The van der Waals surface area contributed by atoms with Crippen molar-refractivity contribution in [3.63, 3.8) is 0 Å². The lowest BCUT2D eigenvalue weighted by atomic mass is 9.74. The van der Waals surface area contributed by atoms with Gasteiger partial charge in [0, 0.05) is 42.5 Å². The molecule has 1 saturated carbocycles. The van der Waals surface area contributed by atoms with Crippen LogP contribution in [0.25, 0.3) is 75.5 Å². The van der Waals surface area contributed by atoms with Gasteiger partial charge in [0.05, 0.1) is 5.69 Å². The van der Waals surface area contributed by atoms with Crippen LogP contribution in [0.15, 0.2) is 224 Å². The molecule has 0 amide bonds.